The molecule has 0 fully saturated rings. The topological polar surface area (TPSA) is 72.2 Å². The Kier molecular flexibility index (Phi) is 3.63. The average Bonchev–Trinajstić information content (AvgIpc) is 2.74. The number of aromatic carboxylic acids is 1. The first-order chi connectivity index (χ1) is 8.47. The fourth-order valence-corrected chi connectivity index (χ4v) is 2.75. The molecular formula is C11H9BrN2O3S. The van der Waals surface area contributed by atoms with Crippen molar-refractivity contribution in [2.24, 2.45) is 0 Å². The van der Waals surface area contributed by atoms with Crippen molar-refractivity contribution in [1.82, 2.24) is 9.55 Å². The first-order valence-electron chi connectivity index (χ1n) is 5.01. The summed E-state index contributed by atoms with van der Waals surface area (Å²) in [5, 5.41) is 10.5. The lowest BCUT2D eigenvalue weighted by Crippen LogP contribution is -2.22. The van der Waals surface area contributed by atoms with E-state index in [-0.39, 0.29) is 17.1 Å². The molecule has 7 heteroatoms. The summed E-state index contributed by atoms with van der Waals surface area (Å²) in [7, 11) is 0. The zero-order chi connectivity index (χ0) is 13.3. The fourth-order valence-electron chi connectivity index (χ4n) is 1.51. The van der Waals surface area contributed by atoms with Crippen LogP contribution < -0.4 is 5.56 Å². The number of aryl methyl sites for hydroxylation is 1. The van der Waals surface area contributed by atoms with Gasteiger partial charge in [-0.1, -0.05) is 0 Å². The Hall–Kier alpha value is -1.47. The molecule has 0 amide bonds. The molecule has 1 N–H and O–H groups in total. The van der Waals surface area contributed by atoms with Crippen LogP contribution in [0.25, 0.3) is 0 Å². The van der Waals surface area contributed by atoms with Gasteiger partial charge in [0.15, 0.2) is 0 Å². The van der Waals surface area contributed by atoms with Gasteiger partial charge in [0.25, 0.3) is 5.56 Å². The van der Waals surface area contributed by atoms with Gasteiger partial charge >= 0.3 is 5.97 Å². The molecule has 2 rings (SSSR count). The van der Waals surface area contributed by atoms with Gasteiger partial charge in [0, 0.05) is 21.6 Å². The van der Waals surface area contributed by atoms with Crippen molar-refractivity contribution < 1.29 is 9.90 Å². The molecule has 18 heavy (non-hydrogen) atoms. The molecule has 0 aliphatic rings. The van der Waals surface area contributed by atoms with Crippen LogP contribution in [0.5, 0.6) is 0 Å². The maximum absolute atomic E-state index is 11.9. The molecule has 0 radical (unpaired) electrons. The Bertz CT molecular complexity index is 663. The van der Waals surface area contributed by atoms with Crippen LogP contribution in [-0.4, -0.2) is 20.6 Å². The minimum Gasteiger partial charge on any atom is -0.476 e. The quantitative estimate of drug-likeness (QED) is 0.936. The smallest absolute Gasteiger partial charge is 0.365 e. The third-order valence-electron chi connectivity index (χ3n) is 2.30. The van der Waals surface area contributed by atoms with E-state index in [1.807, 2.05) is 0 Å². The molecule has 2 heterocycles. The summed E-state index contributed by atoms with van der Waals surface area (Å²) < 4.78 is 2.30. The van der Waals surface area contributed by atoms with E-state index in [0.717, 1.165) is 15.8 Å². The number of carboxylic acid groups (broad SMARTS) is 1. The highest BCUT2D eigenvalue weighted by Gasteiger charge is 2.10. The standard InChI is InChI=1S/C11H9BrN2O3S/c1-6-2-7(12)3-14(10(6)15)4-8-5-18-9(13-8)11(16)17/h2-3,5H,4H2,1H3,(H,16,17). The second kappa shape index (κ2) is 5.03. The van der Waals surface area contributed by atoms with Crippen LogP contribution in [0, 0.1) is 6.92 Å². The van der Waals surface area contributed by atoms with Crippen molar-refractivity contribution in [1.29, 1.82) is 0 Å². The normalized spacial score (nSPS) is 10.6. The summed E-state index contributed by atoms with van der Waals surface area (Å²) in [6, 6.07) is 1.74. The van der Waals surface area contributed by atoms with E-state index in [4.69, 9.17) is 5.11 Å². The SMILES string of the molecule is Cc1cc(Br)cn(Cc2csc(C(=O)O)n2)c1=O. The maximum atomic E-state index is 11.9. The summed E-state index contributed by atoms with van der Waals surface area (Å²) in [4.78, 5) is 26.5. The molecule has 0 unspecified atom stereocenters. The molecule has 0 saturated carbocycles. The molecule has 0 saturated heterocycles. The largest absolute Gasteiger partial charge is 0.476 e. The van der Waals surface area contributed by atoms with Crippen molar-refractivity contribution in [2.45, 2.75) is 13.5 Å². The summed E-state index contributed by atoms with van der Waals surface area (Å²) in [5.74, 6) is -1.05. The highest BCUT2D eigenvalue weighted by atomic mass is 79.9. The molecule has 0 spiro atoms. The lowest BCUT2D eigenvalue weighted by atomic mass is 10.3. The molecule has 0 aromatic carbocycles. The first kappa shape index (κ1) is 13.0. The van der Waals surface area contributed by atoms with Gasteiger partial charge in [0.05, 0.1) is 12.2 Å². The lowest BCUT2D eigenvalue weighted by molar-refractivity contribution is 0.0696. The molecular weight excluding hydrogens is 320 g/mol. The average molecular weight is 329 g/mol. The number of halogens is 1. The van der Waals surface area contributed by atoms with Gasteiger partial charge in [-0.3, -0.25) is 4.79 Å². The number of nitrogens with zero attached hydrogens (tertiary/aromatic N) is 2. The van der Waals surface area contributed by atoms with Gasteiger partial charge in [-0.15, -0.1) is 11.3 Å². The number of carbonyl (C=O) groups is 1. The Labute approximate surface area is 115 Å². The van der Waals surface area contributed by atoms with Crippen molar-refractivity contribution in [3.05, 3.63) is 48.7 Å². The number of pyridine rings is 1. The van der Waals surface area contributed by atoms with Crippen LogP contribution in [0.4, 0.5) is 0 Å². The molecule has 0 atom stereocenters. The van der Waals surface area contributed by atoms with Crippen LogP contribution >= 0.6 is 27.3 Å². The lowest BCUT2D eigenvalue weighted by Gasteiger charge is -2.05. The third kappa shape index (κ3) is 2.68. The summed E-state index contributed by atoms with van der Waals surface area (Å²) in [5.41, 5.74) is 1.08. The molecule has 5 nitrogen and oxygen atoms in total. The number of carboxylic acids is 1. The minimum absolute atomic E-state index is 0.0322. The monoisotopic (exact) mass is 328 g/mol. The van der Waals surface area contributed by atoms with E-state index in [0.29, 0.717) is 11.3 Å². The van der Waals surface area contributed by atoms with Crippen molar-refractivity contribution in [3.8, 4) is 0 Å². The van der Waals surface area contributed by atoms with Crippen LogP contribution in [0.2, 0.25) is 0 Å². The fraction of sp³-hybridized carbons (Fsp3) is 0.182. The zero-order valence-electron chi connectivity index (χ0n) is 9.38. The molecule has 2 aromatic heterocycles. The Balaban J connectivity index is 2.34. The van der Waals surface area contributed by atoms with Crippen molar-refractivity contribution in [3.63, 3.8) is 0 Å². The van der Waals surface area contributed by atoms with Gasteiger partial charge in [-0.05, 0) is 28.9 Å². The Morgan fingerprint density at radius 2 is 2.33 bits per heavy atom. The highest BCUT2D eigenvalue weighted by molar-refractivity contribution is 9.10. The van der Waals surface area contributed by atoms with E-state index in [2.05, 4.69) is 20.9 Å². The van der Waals surface area contributed by atoms with Crippen LogP contribution in [0.15, 0.2) is 26.9 Å². The number of hydrogen-bond donors (Lipinski definition) is 1. The molecule has 2 aromatic rings. The molecule has 0 aliphatic heterocycles. The zero-order valence-corrected chi connectivity index (χ0v) is 11.8. The predicted molar refractivity (Wildman–Crippen MR) is 71.3 cm³/mol. The first-order valence-corrected chi connectivity index (χ1v) is 6.69. The van der Waals surface area contributed by atoms with E-state index in [1.54, 1.807) is 24.6 Å². The van der Waals surface area contributed by atoms with Gasteiger partial charge in [0.2, 0.25) is 5.01 Å². The highest BCUT2D eigenvalue weighted by Crippen LogP contribution is 2.12. The van der Waals surface area contributed by atoms with Gasteiger partial charge in [0.1, 0.15) is 0 Å². The minimum atomic E-state index is -1.05. The van der Waals surface area contributed by atoms with Crippen molar-refractivity contribution in [2.75, 3.05) is 0 Å². The molecule has 0 bridgehead atoms. The molecule has 0 aliphatic carbocycles. The van der Waals surface area contributed by atoms with E-state index < -0.39 is 5.97 Å². The van der Waals surface area contributed by atoms with Crippen LogP contribution in [-0.2, 0) is 6.54 Å². The number of thiazole rings is 1. The maximum Gasteiger partial charge on any atom is 0.365 e. The number of aromatic nitrogens is 2. The molecule has 94 valence electrons. The summed E-state index contributed by atoms with van der Waals surface area (Å²) >= 11 is 4.37. The number of rotatable bonds is 3. The van der Waals surface area contributed by atoms with Gasteiger partial charge < -0.3 is 9.67 Å². The van der Waals surface area contributed by atoms with E-state index >= 15 is 0 Å². The third-order valence-corrected chi connectivity index (χ3v) is 3.61. The van der Waals surface area contributed by atoms with Crippen molar-refractivity contribution >= 4 is 33.2 Å². The van der Waals surface area contributed by atoms with Crippen LogP contribution in [0.1, 0.15) is 21.1 Å². The Morgan fingerprint density at radius 1 is 1.61 bits per heavy atom. The second-order valence-electron chi connectivity index (χ2n) is 3.72. The van der Waals surface area contributed by atoms with Gasteiger partial charge in [-0.25, -0.2) is 9.78 Å². The Morgan fingerprint density at radius 3 is 2.94 bits per heavy atom. The van der Waals surface area contributed by atoms with E-state index in [1.165, 1.54) is 4.57 Å². The summed E-state index contributed by atoms with van der Waals surface area (Å²) in [6.07, 6.45) is 1.66. The predicted octanol–water partition coefficient (Wildman–Crippen LogP) is 2.12. The second-order valence-corrected chi connectivity index (χ2v) is 5.50. The van der Waals surface area contributed by atoms with E-state index in [9.17, 15) is 9.59 Å². The van der Waals surface area contributed by atoms with Gasteiger partial charge in [-0.2, -0.15) is 0 Å². The summed E-state index contributed by atoms with van der Waals surface area (Å²) in [6.45, 7) is 2.00. The van der Waals surface area contributed by atoms with Crippen LogP contribution in [0.3, 0.4) is 0 Å². The number of hydrogen-bond acceptors (Lipinski definition) is 4.